The second kappa shape index (κ2) is 3.82. The Hall–Kier alpha value is -0.860. The molecule has 0 atom stereocenters. The van der Waals surface area contributed by atoms with E-state index in [2.05, 4.69) is 24.3 Å². The molecular formula is C16H20O2. The second-order valence-corrected chi connectivity index (χ2v) is 6.26. The average Bonchev–Trinajstić information content (AvgIpc) is 2.93. The molecule has 0 unspecified atom stereocenters. The number of rotatable bonds is 0. The maximum absolute atomic E-state index is 5.94. The summed E-state index contributed by atoms with van der Waals surface area (Å²) in [5.41, 5.74) is 3.51. The van der Waals surface area contributed by atoms with E-state index in [-0.39, 0.29) is 5.79 Å². The normalized spacial score (nSPS) is 27.8. The molecule has 0 aromatic heterocycles. The van der Waals surface area contributed by atoms with Crippen molar-refractivity contribution < 1.29 is 9.47 Å². The number of ether oxygens (including phenoxy) is 2. The van der Waals surface area contributed by atoms with Crippen LogP contribution in [0.2, 0.25) is 0 Å². The van der Waals surface area contributed by atoms with Gasteiger partial charge in [0.1, 0.15) is 0 Å². The molecule has 18 heavy (non-hydrogen) atoms. The zero-order valence-corrected chi connectivity index (χ0v) is 10.8. The van der Waals surface area contributed by atoms with E-state index in [1.807, 2.05) is 0 Å². The lowest BCUT2D eigenvalue weighted by Crippen LogP contribution is -2.42. The highest BCUT2D eigenvalue weighted by atomic mass is 16.7. The van der Waals surface area contributed by atoms with Crippen LogP contribution in [0.3, 0.4) is 0 Å². The minimum Gasteiger partial charge on any atom is -0.348 e. The number of benzene rings is 1. The Morgan fingerprint density at radius 3 is 2.22 bits per heavy atom. The molecule has 3 aliphatic rings. The van der Waals surface area contributed by atoms with Gasteiger partial charge >= 0.3 is 0 Å². The monoisotopic (exact) mass is 244 g/mol. The van der Waals surface area contributed by atoms with Crippen LogP contribution in [-0.2, 0) is 22.3 Å². The first-order valence-corrected chi connectivity index (χ1v) is 7.14. The Morgan fingerprint density at radius 1 is 0.889 bits per heavy atom. The third kappa shape index (κ3) is 1.63. The van der Waals surface area contributed by atoms with Gasteiger partial charge in [0.2, 0.25) is 0 Å². The molecule has 1 aromatic rings. The molecule has 4 rings (SSSR count). The Morgan fingerprint density at radius 2 is 1.56 bits per heavy atom. The van der Waals surface area contributed by atoms with E-state index in [1.165, 1.54) is 25.7 Å². The molecule has 1 aliphatic heterocycles. The maximum Gasteiger partial charge on any atom is 0.169 e. The van der Waals surface area contributed by atoms with Crippen molar-refractivity contribution in [3.8, 4) is 0 Å². The number of hydrogen-bond acceptors (Lipinski definition) is 2. The topological polar surface area (TPSA) is 18.5 Å². The van der Waals surface area contributed by atoms with E-state index in [9.17, 15) is 0 Å². The third-order valence-corrected chi connectivity index (χ3v) is 4.97. The highest BCUT2D eigenvalue weighted by Crippen LogP contribution is 2.52. The molecule has 2 spiro atoms. The second-order valence-electron chi connectivity index (χ2n) is 6.26. The Labute approximate surface area is 108 Å². The van der Waals surface area contributed by atoms with E-state index >= 15 is 0 Å². The molecule has 2 heteroatoms. The highest BCUT2D eigenvalue weighted by Gasteiger charge is 2.50. The van der Waals surface area contributed by atoms with Gasteiger partial charge in [0.05, 0.1) is 13.2 Å². The summed E-state index contributed by atoms with van der Waals surface area (Å²) >= 11 is 0. The van der Waals surface area contributed by atoms with Gasteiger partial charge in [-0.25, -0.2) is 0 Å². The van der Waals surface area contributed by atoms with Gasteiger partial charge in [-0.05, 0) is 42.2 Å². The van der Waals surface area contributed by atoms with Crippen LogP contribution in [0.25, 0.3) is 0 Å². The predicted octanol–water partition coefficient (Wildman–Crippen LogP) is 3.09. The molecule has 1 aromatic carbocycles. The smallest absolute Gasteiger partial charge is 0.169 e. The van der Waals surface area contributed by atoms with E-state index in [0.29, 0.717) is 5.41 Å². The largest absolute Gasteiger partial charge is 0.348 e. The van der Waals surface area contributed by atoms with Gasteiger partial charge < -0.3 is 9.47 Å². The first-order valence-electron chi connectivity index (χ1n) is 7.14. The van der Waals surface area contributed by atoms with Crippen LogP contribution in [0.5, 0.6) is 0 Å². The van der Waals surface area contributed by atoms with Gasteiger partial charge in [0.25, 0.3) is 0 Å². The Balaban J connectivity index is 1.62. The zero-order valence-electron chi connectivity index (χ0n) is 10.8. The lowest BCUT2D eigenvalue weighted by molar-refractivity contribution is -0.201. The number of fused-ring (bicyclic) bond motifs is 1. The minimum absolute atomic E-state index is 0.236. The first-order chi connectivity index (χ1) is 8.79. The van der Waals surface area contributed by atoms with E-state index in [4.69, 9.17) is 9.47 Å². The zero-order chi connectivity index (χ0) is 12.1. The third-order valence-electron chi connectivity index (χ3n) is 4.97. The van der Waals surface area contributed by atoms with Crippen molar-refractivity contribution in [3.63, 3.8) is 0 Å². The molecule has 1 saturated carbocycles. The molecule has 2 fully saturated rings. The first kappa shape index (κ1) is 11.0. The summed E-state index contributed by atoms with van der Waals surface area (Å²) in [6.07, 6.45) is 7.19. The van der Waals surface area contributed by atoms with Crippen LogP contribution in [0.4, 0.5) is 0 Å². The van der Waals surface area contributed by atoms with Gasteiger partial charge in [-0.1, -0.05) is 24.3 Å². The summed E-state index contributed by atoms with van der Waals surface area (Å²) in [6.45, 7) is 1.56. The average molecular weight is 244 g/mol. The molecule has 0 bridgehead atoms. The quantitative estimate of drug-likeness (QED) is 0.698. The van der Waals surface area contributed by atoms with Crippen molar-refractivity contribution in [2.75, 3.05) is 13.2 Å². The molecular weight excluding hydrogens is 224 g/mol. The van der Waals surface area contributed by atoms with Crippen LogP contribution in [0.15, 0.2) is 24.3 Å². The van der Waals surface area contributed by atoms with Crippen molar-refractivity contribution >= 4 is 0 Å². The molecule has 2 nitrogen and oxygen atoms in total. The van der Waals surface area contributed by atoms with Gasteiger partial charge in [-0.3, -0.25) is 0 Å². The molecule has 96 valence electrons. The van der Waals surface area contributed by atoms with Crippen LogP contribution < -0.4 is 0 Å². The minimum atomic E-state index is -0.236. The molecule has 1 saturated heterocycles. The molecule has 0 amide bonds. The number of hydrogen-bond donors (Lipinski definition) is 0. The Bertz CT molecular complexity index is 435. The Kier molecular flexibility index (Phi) is 2.33. The van der Waals surface area contributed by atoms with Crippen molar-refractivity contribution in [2.24, 2.45) is 5.41 Å². The van der Waals surface area contributed by atoms with E-state index in [1.54, 1.807) is 11.1 Å². The van der Waals surface area contributed by atoms with Gasteiger partial charge in [-0.2, -0.15) is 0 Å². The highest BCUT2D eigenvalue weighted by molar-refractivity contribution is 5.34. The van der Waals surface area contributed by atoms with Gasteiger partial charge in [-0.15, -0.1) is 0 Å². The van der Waals surface area contributed by atoms with E-state index in [0.717, 1.165) is 26.1 Å². The summed E-state index contributed by atoms with van der Waals surface area (Å²) in [4.78, 5) is 0. The fraction of sp³-hybridized carbons (Fsp3) is 0.625. The van der Waals surface area contributed by atoms with Crippen molar-refractivity contribution in [3.05, 3.63) is 35.4 Å². The maximum atomic E-state index is 5.94. The summed E-state index contributed by atoms with van der Waals surface area (Å²) in [7, 11) is 0. The van der Waals surface area contributed by atoms with Crippen LogP contribution in [0, 0.1) is 5.41 Å². The summed E-state index contributed by atoms with van der Waals surface area (Å²) in [5, 5.41) is 0. The van der Waals surface area contributed by atoms with Crippen molar-refractivity contribution in [1.82, 2.24) is 0 Å². The fourth-order valence-electron chi connectivity index (χ4n) is 4.30. The predicted molar refractivity (Wildman–Crippen MR) is 69.4 cm³/mol. The summed E-state index contributed by atoms with van der Waals surface area (Å²) in [5.74, 6) is -0.236. The summed E-state index contributed by atoms with van der Waals surface area (Å²) < 4.78 is 11.9. The summed E-state index contributed by atoms with van der Waals surface area (Å²) in [6, 6.07) is 8.92. The standard InChI is InChI=1S/C16H20O2/c1-2-5-14-11-15(10-13(14)4-1)6-3-7-16(12-15)17-8-9-18-16/h1-2,4-5H,3,6-12H2. The fourth-order valence-corrected chi connectivity index (χ4v) is 4.30. The SMILES string of the molecule is c1ccc2c(c1)CC1(CCCC3(C1)OCCO3)C2. The van der Waals surface area contributed by atoms with Crippen LogP contribution in [0.1, 0.15) is 36.8 Å². The van der Waals surface area contributed by atoms with Crippen molar-refractivity contribution in [2.45, 2.75) is 44.3 Å². The lowest BCUT2D eigenvalue weighted by Gasteiger charge is -2.43. The lowest BCUT2D eigenvalue weighted by atomic mass is 9.69. The van der Waals surface area contributed by atoms with Crippen LogP contribution >= 0.6 is 0 Å². The van der Waals surface area contributed by atoms with Gasteiger partial charge in [0, 0.05) is 12.8 Å². The molecule has 0 radical (unpaired) electrons. The molecule has 1 heterocycles. The van der Waals surface area contributed by atoms with Crippen molar-refractivity contribution in [1.29, 1.82) is 0 Å². The van der Waals surface area contributed by atoms with E-state index < -0.39 is 0 Å². The van der Waals surface area contributed by atoms with Crippen LogP contribution in [-0.4, -0.2) is 19.0 Å². The molecule has 0 N–H and O–H groups in total. The van der Waals surface area contributed by atoms with Gasteiger partial charge in [0.15, 0.2) is 5.79 Å². The molecule has 2 aliphatic carbocycles.